The van der Waals surface area contributed by atoms with Crippen LogP contribution in [0.5, 0.6) is 5.75 Å². The number of amides is 1. The highest BCUT2D eigenvalue weighted by atomic mass is 32.1. The van der Waals surface area contributed by atoms with Crippen molar-refractivity contribution in [2.75, 3.05) is 5.32 Å². The van der Waals surface area contributed by atoms with Crippen LogP contribution in [-0.2, 0) is 6.61 Å². The zero-order valence-corrected chi connectivity index (χ0v) is 19.5. The number of fused-ring (bicyclic) bond motifs is 1. The molecule has 1 aromatic heterocycles. The van der Waals surface area contributed by atoms with E-state index in [0.717, 1.165) is 33.7 Å². The van der Waals surface area contributed by atoms with Gasteiger partial charge in [0.1, 0.15) is 18.2 Å². The molecule has 1 heterocycles. The van der Waals surface area contributed by atoms with E-state index in [0.29, 0.717) is 17.9 Å². The van der Waals surface area contributed by atoms with E-state index in [1.807, 2.05) is 84.9 Å². The van der Waals surface area contributed by atoms with Crippen molar-refractivity contribution in [2.45, 2.75) is 6.61 Å². The van der Waals surface area contributed by atoms with Crippen LogP contribution in [0, 0.1) is 0 Å². The smallest absolute Gasteiger partial charge is 0.257 e. The van der Waals surface area contributed by atoms with Gasteiger partial charge in [-0.25, -0.2) is 4.98 Å². The molecule has 6 nitrogen and oxygen atoms in total. The molecule has 3 N–H and O–H groups in total. The fraction of sp³-hybridized carbons (Fsp3) is 0.0357. The van der Waals surface area contributed by atoms with Gasteiger partial charge in [0.2, 0.25) is 0 Å². The number of carbonyl (C=O) groups excluding carboxylic acids is 1. The molecule has 0 saturated heterocycles. The summed E-state index contributed by atoms with van der Waals surface area (Å²) in [7, 11) is 0. The minimum Gasteiger partial charge on any atom is -0.489 e. The van der Waals surface area contributed by atoms with Crippen molar-refractivity contribution >= 4 is 40.0 Å². The van der Waals surface area contributed by atoms with E-state index in [-0.39, 0.29) is 11.0 Å². The van der Waals surface area contributed by atoms with E-state index < -0.39 is 0 Å². The molecule has 0 unspecified atom stereocenters. The molecule has 4 aromatic carbocycles. The average Bonchev–Trinajstić information content (AvgIpc) is 3.33. The van der Waals surface area contributed by atoms with E-state index in [1.54, 1.807) is 18.2 Å². The van der Waals surface area contributed by atoms with E-state index in [9.17, 15) is 4.79 Å². The Bertz CT molecular complexity index is 1450. The zero-order valence-electron chi connectivity index (χ0n) is 18.7. The highest BCUT2D eigenvalue weighted by Gasteiger charge is 2.10. The third-order valence-electron chi connectivity index (χ3n) is 5.38. The summed E-state index contributed by atoms with van der Waals surface area (Å²) >= 11 is 5.34. The fourth-order valence-electron chi connectivity index (χ4n) is 3.61. The van der Waals surface area contributed by atoms with Crippen molar-refractivity contribution in [2.24, 2.45) is 0 Å². The van der Waals surface area contributed by atoms with Crippen molar-refractivity contribution in [3.8, 4) is 17.1 Å². The van der Waals surface area contributed by atoms with Crippen LogP contribution in [0.1, 0.15) is 15.9 Å². The van der Waals surface area contributed by atoms with Gasteiger partial charge in [0.15, 0.2) is 5.11 Å². The Labute approximate surface area is 208 Å². The maximum atomic E-state index is 12.7. The van der Waals surface area contributed by atoms with Gasteiger partial charge >= 0.3 is 0 Å². The van der Waals surface area contributed by atoms with Crippen molar-refractivity contribution < 1.29 is 9.53 Å². The summed E-state index contributed by atoms with van der Waals surface area (Å²) in [6, 6.07) is 32.4. The van der Waals surface area contributed by atoms with Gasteiger partial charge in [-0.1, -0.05) is 48.5 Å². The van der Waals surface area contributed by atoms with Crippen LogP contribution in [0.3, 0.4) is 0 Å². The van der Waals surface area contributed by atoms with Gasteiger partial charge in [-0.05, 0) is 72.4 Å². The predicted molar refractivity (Wildman–Crippen MR) is 142 cm³/mol. The van der Waals surface area contributed by atoms with Crippen LogP contribution in [0.2, 0.25) is 0 Å². The van der Waals surface area contributed by atoms with Crippen molar-refractivity contribution in [3.05, 3.63) is 114 Å². The molecule has 35 heavy (non-hydrogen) atoms. The topological polar surface area (TPSA) is 79.0 Å². The lowest BCUT2D eigenvalue weighted by Crippen LogP contribution is -2.34. The SMILES string of the molecule is O=C(NC(=S)Nc1ccc(-c2nc3ccccc3[nH]2)cc1)c1cccc(OCc2ccccc2)c1. The van der Waals surface area contributed by atoms with Crippen LogP contribution < -0.4 is 15.4 Å². The number of benzene rings is 4. The Balaban J connectivity index is 1.18. The molecule has 0 aliphatic carbocycles. The average molecular weight is 479 g/mol. The maximum Gasteiger partial charge on any atom is 0.257 e. The number of imidazole rings is 1. The second-order valence-corrected chi connectivity index (χ2v) is 8.30. The van der Waals surface area contributed by atoms with E-state index >= 15 is 0 Å². The molecule has 0 aliphatic rings. The third kappa shape index (κ3) is 5.54. The number of rotatable bonds is 6. The molecule has 0 spiro atoms. The Morgan fingerprint density at radius 3 is 2.46 bits per heavy atom. The van der Waals surface area contributed by atoms with Crippen LogP contribution in [0.15, 0.2) is 103 Å². The van der Waals surface area contributed by atoms with Crippen molar-refractivity contribution in [1.29, 1.82) is 0 Å². The number of hydrogen-bond donors (Lipinski definition) is 3. The Morgan fingerprint density at radius 1 is 0.886 bits per heavy atom. The Hall–Kier alpha value is -4.49. The van der Waals surface area contributed by atoms with Gasteiger partial charge in [-0.15, -0.1) is 0 Å². The van der Waals surface area contributed by atoms with Gasteiger partial charge in [-0.2, -0.15) is 0 Å². The molecule has 5 aromatic rings. The highest BCUT2D eigenvalue weighted by molar-refractivity contribution is 7.80. The Morgan fingerprint density at radius 2 is 1.66 bits per heavy atom. The number of aromatic amines is 1. The third-order valence-corrected chi connectivity index (χ3v) is 5.58. The van der Waals surface area contributed by atoms with E-state index in [1.165, 1.54) is 0 Å². The summed E-state index contributed by atoms with van der Waals surface area (Å²) in [5.41, 5.74) is 5.13. The number of ether oxygens (including phenoxy) is 1. The van der Waals surface area contributed by atoms with Gasteiger partial charge < -0.3 is 15.0 Å². The van der Waals surface area contributed by atoms with E-state index in [4.69, 9.17) is 17.0 Å². The van der Waals surface area contributed by atoms with Gasteiger partial charge in [0.05, 0.1) is 11.0 Å². The standard InChI is InChI=1S/C28H22N4O2S/c33-27(21-9-6-10-23(17-21)34-18-19-7-2-1-3-8-19)32-28(35)29-22-15-13-20(14-16-22)26-30-24-11-4-5-12-25(24)31-26/h1-17H,18H2,(H,30,31)(H2,29,32,33,35). The predicted octanol–water partition coefficient (Wildman–Crippen LogP) is 5.94. The first-order valence-corrected chi connectivity index (χ1v) is 11.5. The first kappa shape index (κ1) is 22.3. The number of nitrogens with zero attached hydrogens (tertiary/aromatic N) is 1. The molecule has 5 rings (SSSR count). The summed E-state index contributed by atoms with van der Waals surface area (Å²) in [6.07, 6.45) is 0. The van der Waals surface area contributed by atoms with Crippen molar-refractivity contribution in [3.63, 3.8) is 0 Å². The number of thiocarbonyl (C=S) groups is 1. The molecule has 0 radical (unpaired) electrons. The second kappa shape index (κ2) is 10.2. The van der Waals surface area contributed by atoms with Gasteiger partial charge in [-0.3, -0.25) is 10.1 Å². The van der Waals surface area contributed by atoms with Crippen LogP contribution >= 0.6 is 12.2 Å². The minimum atomic E-state index is -0.313. The van der Waals surface area contributed by atoms with Gasteiger partial charge in [0, 0.05) is 16.8 Å². The molecular weight excluding hydrogens is 456 g/mol. The van der Waals surface area contributed by atoms with Crippen molar-refractivity contribution in [1.82, 2.24) is 15.3 Å². The lowest BCUT2D eigenvalue weighted by molar-refractivity contribution is 0.0977. The molecule has 0 bridgehead atoms. The first-order valence-electron chi connectivity index (χ1n) is 11.1. The second-order valence-electron chi connectivity index (χ2n) is 7.89. The molecule has 0 fully saturated rings. The molecular formula is C28H22N4O2S. The first-order chi connectivity index (χ1) is 17.1. The number of carbonyl (C=O) groups is 1. The summed E-state index contributed by atoms with van der Waals surface area (Å²) in [5.74, 6) is 1.09. The lowest BCUT2D eigenvalue weighted by atomic mass is 10.2. The largest absolute Gasteiger partial charge is 0.489 e. The molecule has 0 aliphatic heterocycles. The number of hydrogen-bond acceptors (Lipinski definition) is 4. The Kier molecular flexibility index (Phi) is 6.50. The lowest BCUT2D eigenvalue weighted by Gasteiger charge is -2.11. The van der Waals surface area contributed by atoms with E-state index in [2.05, 4.69) is 20.6 Å². The summed E-state index contributed by atoms with van der Waals surface area (Å²) in [4.78, 5) is 20.6. The van der Waals surface area contributed by atoms with Gasteiger partial charge in [0.25, 0.3) is 5.91 Å². The number of aromatic nitrogens is 2. The number of H-pyrrole nitrogens is 1. The molecule has 0 atom stereocenters. The van der Waals surface area contributed by atoms with Crippen LogP contribution in [0.25, 0.3) is 22.4 Å². The molecule has 7 heteroatoms. The summed E-state index contributed by atoms with van der Waals surface area (Å²) in [6.45, 7) is 0.426. The monoisotopic (exact) mass is 478 g/mol. The highest BCUT2D eigenvalue weighted by Crippen LogP contribution is 2.22. The zero-order chi connectivity index (χ0) is 24.0. The number of nitrogens with one attached hydrogen (secondary N) is 3. The van der Waals surface area contributed by atoms with Crippen LogP contribution in [0.4, 0.5) is 5.69 Å². The molecule has 172 valence electrons. The normalized spacial score (nSPS) is 10.6. The fourth-order valence-corrected chi connectivity index (χ4v) is 3.82. The maximum absolute atomic E-state index is 12.7. The quantitative estimate of drug-likeness (QED) is 0.263. The summed E-state index contributed by atoms with van der Waals surface area (Å²) < 4.78 is 5.81. The van der Waals surface area contributed by atoms with Crippen LogP contribution in [-0.4, -0.2) is 21.0 Å². The number of para-hydroxylation sites is 2. The summed E-state index contributed by atoms with van der Waals surface area (Å²) in [5, 5.41) is 5.97. The molecule has 1 amide bonds. The number of anilines is 1. The molecule has 0 saturated carbocycles. The minimum absolute atomic E-state index is 0.210.